The van der Waals surface area contributed by atoms with Crippen molar-refractivity contribution < 1.29 is 9.53 Å². The molecule has 5 heteroatoms. The van der Waals surface area contributed by atoms with Crippen LogP contribution in [0.5, 0.6) is 5.75 Å². The van der Waals surface area contributed by atoms with Gasteiger partial charge in [0.05, 0.1) is 31.2 Å². The van der Waals surface area contributed by atoms with Gasteiger partial charge in [0.15, 0.2) is 0 Å². The molecule has 3 aromatic rings. The first-order valence-corrected chi connectivity index (χ1v) is 10.1. The van der Waals surface area contributed by atoms with Gasteiger partial charge < -0.3 is 14.6 Å². The molecule has 1 saturated carbocycles. The predicted octanol–water partition coefficient (Wildman–Crippen LogP) is 4.29. The fourth-order valence-corrected chi connectivity index (χ4v) is 4.12. The van der Waals surface area contributed by atoms with Crippen molar-refractivity contribution in [3.63, 3.8) is 0 Å². The molecular formula is C23H27N3O2. The molecule has 1 aliphatic rings. The third-order valence-corrected chi connectivity index (χ3v) is 5.65. The number of carbonyl (C=O) groups excluding carboxylic acids is 1. The Hall–Kier alpha value is -2.82. The van der Waals surface area contributed by atoms with Gasteiger partial charge in [0, 0.05) is 11.5 Å². The van der Waals surface area contributed by atoms with Crippen molar-refractivity contribution in [3.05, 3.63) is 59.9 Å². The van der Waals surface area contributed by atoms with E-state index in [1.165, 1.54) is 6.42 Å². The van der Waals surface area contributed by atoms with E-state index in [0.717, 1.165) is 53.9 Å². The van der Waals surface area contributed by atoms with Crippen LogP contribution in [-0.2, 0) is 17.9 Å². The van der Waals surface area contributed by atoms with Gasteiger partial charge >= 0.3 is 0 Å². The zero-order chi connectivity index (χ0) is 19.3. The fourth-order valence-electron chi connectivity index (χ4n) is 4.12. The topological polar surface area (TPSA) is 56.1 Å². The minimum atomic E-state index is 0.154. The van der Waals surface area contributed by atoms with E-state index in [4.69, 9.17) is 9.72 Å². The third-order valence-electron chi connectivity index (χ3n) is 5.65. The van der Waals surface area contributed by atoms with Crippen molar-refractivity contribution in [2.24, 2.45) is 5.92 Å². The summed E-state index contributed by atoms with van der Waals surface area (Å²) in [5, 5.41) is 3.13. The lowest BCUT2D eigenvalue weighted by atomic mass is 9.89. The van der Waals surface area contributed by atoms with E-state index in [2.05, 4.69) is 22.0 Å². The summed E-state index contributed by atoms with van der Waals surface area (Å²) >= 11 is 0. The summed E-state index contributed by atoms with van der Waals surface area (Å²) < 4.78 is 7.70. The number of benzene rings is 2. The number of imidazole rings is 1. The molecule has 0 aliphatic heterocycles. The van der Waals surface area contributed by atoms with Crippen LogP contribution in [0.4, 0.5) is 0 Å². The number of aromatic nitrogens is 2. The molecule has 1 heterocycles. The first kappa shape index (κ1) is 18.5. The van der Waals surface area contributed by atoms with Crippen molar-refractivity contribution in [2.75, 3.05) is 7.11 Å². The van der Waals surface area contributed by atoms with Gasteiger partial charge in [0.25, 0.3) is 0 Å². The van der Waals surface area contributed by atoms with Crippen LogP contribution in [0.15, 0.2) is 48.5 Å². The summed E-state index contributed by atoms with van der Waals surface area (Å²) in [6.07, 6.45) is 5.57. The lowest BCUT2D eigenvalue weighted by Crippen LogP contribution is -2.32. The fraction of sp³-hybridized carbons (Fsp3) is 0.391. The van der Waals surface area contributed by atoms with E-state index < -0.39 is 0 Å². The van der Waals surface area contributed by atoms with Crippen LogP contribution in [0.2, 0.25) is 0 Å². The van der Waals surface area contributed by atoms with Crippen LogP contribution in [0, 0.1) is 5.92 Å². The Morgan fingerprint density at radius 3 is 2.68 bits per heavy atom. The molecule has 0 unspecified atom stereocenters. The molecule has 1 N–H and O–H groups in total. The third kappa shape index (κ3) is 3.88. The van der Waals surface area contributed by atoms with Crippen LogP contribution in [0.25, 0.3) is 11.0 Å². The zero-order valence-corrected chi connectivity index (χ0v) is 16.4. The van der Waals surface area contributed by atoms with Gasteiger partial charge in [-0.05, 0) is 31.0 Å². The number of ether oxygens (including phenoxy) is 1. The minimum Gasteiger partial charge on any atom is -0.496 e. The number of rotatable bonds is 6. The molecule has 1 fully saturated rings. The van der Waals surface area contributed by atoms with E-state index in [1.807, 2.05) is 36.4 Å². The number of carbonyl (C=O) groups is 1. The molecule has 0 spiro atoms. The van der Waals surface area contributed by atoms with Gasteiger partial charge in [0.2, 0.25) is 5.91 Å². The van der Waals surface area contributed by atoms with Crippen molar-refractivity contribution >= 4 is 16.9 Å². The molecule has 0 radical (unpaired) electrons. The number of methoxy groups -OCH3 is 1. The molecular weight excluding hydrogens is 350 g/mol. The molecule has 0 bridgehead atoms. The molecule has 5 nitrogen and oxygen atoms in total. The second kappa shape index (κ2) is 8.46. The maximum absolute atomic E-state index is 12.6. The van der Waals surface area contributed by atoms with Crippen LogP contribution >= 0.6 is 0 Å². The van der Waals surface area contributed by atoms with Gasteiger partial charge in [-0.2, -0.15) is 0 Å². The second-order valence-corrected chi connectivity index (χ2v) is 7.47. The van der Waals surface area contributed by atoms with Crippen molar-refractivity contribution in [3.8, 4) is 5.75 Å². The van der Waals surface area contributed by atoms with Gasteiger partial charge in [-0.15, -0.1) is 0 Å². The van der Waals surface area contributed by atoms with Crippen molar-refractivity contribution in [1.82, 2.24) is 14.9 Å². The van der Waals surface area contributed by atoms with E-state index in [9.17, 15) is 4.79 Å². The Bertz CT molecular complexity index is 957. The molecule has 146 valence electrons. The number of nitrogens with zero attached hydrogens (tertiary/aromatic N) is 2. The van der Waals surface area contributed by atoms with Crippen LogP contribution in [0.1, 0.15) is 43.5 Å². The molecule has 0 saturated heterocycles. The standard InChI is InChI=1S/C23H27N3O2/c1-28-21-14-8-5-11-18(21)16-26-20-13-7-6-12-19(20)25-22(26)15-24-23(27)17-9-3-2-4-10-17/h5-8,11-14,17H,2-4,9-10,15-16H2,1H3,(H,24,27). The molecule has 1 amide bonds. The number of fused-ring (bicyclic) bond motifs is 1. The molecule has 1 aliphatic carbocycles. The first-order chi connectivity index (χ1) is 13.8. The summed E-state index contributed by atoms with van der Waals surface area (Å²) in [6.45, 7) is 1.10. The number of hydrogen-bond acceptors (Lipinski definition) is 3. The monoisotopic (exact) mass is 377 g/mol. The number of nitrogens with one attached hydrogen (secondary N) is 1. The Morgan fingerprint density at radius 1 is 1.11 bits per heavy atom. The van der Waals surface area contributed by atoms with Gasteiger partial charge in [-0.3, -0.25) is 4.79 Å². The number of para-hydroxylation sites is 3. The van der Waals surface area contributed by atoms with E-state index in [0.29, 0.717) is 13.1 Å². The first-order valence-electron chi connectivity index (χ1n) is 10.1. The van der Waals surface area contributed by atoms with E-state index >= 15 is 0 Å². The summed E-state index contributed by atoms with van der Waals surface area (Å²) in [6, 6.07) is 16.1. The highest BCUT2D eigenvalue weighted by Gasteiger charge is 2.21. The van der Waals surface area contributed by atoms with E-state index in [1.54, 1.807) is 7.11 Å². The number of hydrogen-bond donors (Lipinski definition) is 1. The molecule has 2 aromatic carbocycles. The van der Waals surface area contributed by atoms with Crippen LogP contribution in [-0.4, -0.2) is 22.6 Å². The Labute approximate surface area is 165 Å². The highest BCUT2D eigenvalue weighted by molar-refractivity contribution is 5.79. The molecule has 4 rings (SSSR count). The Kier molecular flexibility index (Phi) is 5.60. The molecule has 0 atom stereocenters. The highest BCUT2D eigenvalue weighted by atomic mass is 16.5. The van der Waals surface area contributed by atoms with Crippen LogP contribution in [0.3, 0.4) is 0 Å². The zero-order valence-electron chi connectivity index (χ0n) is 16.4. The summed E-state index contributed by atoms with van der Waals surface area (Å²) in [7, 11) is 1.69. The molecule has 28 heavy (non-hydrogen) atoms. The lowest BCUT2D eigenvalue weighted by molar-refractivity contribution is -0.126. The SMILES string of the molecule is COc1ccccc1Cn1c(CNC(=O)C2CCCCC2)nc2ccccc21. The predicted molar refractivity (Wildman–Crippen MR) is 110 cm³/mol. The van der Waals surface area contributed by atoms with Crippen molar-refractivity contribution in [1.29, 1.82) is 0 Å². The summed E-state index contributed by atoms with van der Waals surface area (Å²) in [5.74, 6) is 2.05. The van der Waals surface area contributed by atoms with Crippen molar-refractivity contribution in [2.45, 2.75) is 45.2 Å². The van der Waals surface area contributed by atoms with Gasteiger partial charge in [-0.1, -0.05) is 49.6 Å². The highest BCUT2D eigenvalue weighted by Crippen LogP contribution is 2.25. The average Bonchev–Trinajstić information content (AvgIpc) is 3.10. The lowest BCUT2D eigenvalue weighted by Gasteiger charge is -2.20. The largest absolute Gasteiger partial charge is 0.496 e. The normalized spacial score (nSPS) is 14.9. The Balaban J connectivity index is 1.59. The maximum Gasteiger partial charge on any atom is 0.223 e. The van der Waals surface area contributed by atoms with Gasteiger partial charge in [0.1, 0.15) is 11.6 Å². The summed E-state index contributed by atoms with van der Waals surface area (Å²) in [5.41, 5.74) is 3.10. The van der Waals surface area contributed by atoms with Gasteiger partial charge in [-0.25, -0.2) is 4.98 Å². The minimum absolute atomic E-state index is 0.154. The smallest absolute Gasteiger partial charge is 0.223 e. The molecule has 1 aromatic heterocycles. The average molecular weight is 377 g/mol. The van der Waals surface area contributed by atoms with Crippen LogP contribution < -0.4 is 10.1 Å². The van der Waals surface area contributed by atoms with E-state index in [-0.39, 0.29) is 11.8 Å². The second-order valence-electron chi connectivity index (χ2n) is 7.47. The number of amides is 1. The maximum atomic E-state index is 12.6. The quantitative estimate of drug-likeness (QED) is 0.697. The summed E-state index contributed by atoms with van der Waals surface area (Å²) in [4.78, 5) is 17.4. The Morgan fingerprint density at radius 2 is 1.86 bits per heavy atom.